The van der Waals surface area contributed by atoms with E-state index in [2.05, 4.69) is 15.3 Å². The minimum atomic E-state index is -0.178. The van der Waals surface area contributed by atoms with Gasteiger partial charge in [0.25, 0.3) is 0 Å². The van der Waals surface area contributed by atoms with Gasteiger partial charge < -0.3 is 14.8 Å². The highest BCUT2D eigenvalue weighted by Crippen LogP contribution is 2.19. The summed E-state index contributed by atoms with van der Waals surface area (Å²) in [5, 5.41) is 4.02. The standard InChI is InChI=1S/C17H21N3O3S/c1-11-15(24-12(2)19-11)9-16(21)20-13-10-22-8-6-14(13)23-17-5-3-4-7-18-17/h3-5,7,13-14H,6,8-10H2,1-2H3,(H,20,21)/t13-,14-/m0/s1. The van der Waals surface area contributed by atoms with Crippen LogP contribution in [-0.4, -0.2) is 41.2 Å². The van der Waals surface area contributed by atoms with Crippen LogP contribution in [0.5, 0.6) is 5.88 Å². The zero-order valence-electron chi connectivity index (χ0n) is 13.8. The molecule has 1 aliphatic heterocycles. The van der Waals surface area contributed by atoms with Gasteiger partial charge in [0.05, 0.1) is 36.4 Å². The number of aryl methyl sites for hydroxylation is 2. The number of hydrogen-bond acceptors (Lipinski definition) is 6. The quantitative estimate of drug-likeness (QED) is 0.896. The van der Waals surface area contributed by atoms with Crippen LogP contribution in [0.15, 0.2) is 24.4 Å². The topological polar surface area (TPSA) is 73.3 Å². The summed E-state index contributed by atoms with van der Waals surface area (Å²) in [5.41, 5.74) is 0.925. The van der Waals surface area contributed by atoms with Crippen LogP contribution >= 0.6 is 11.3 Å². The first kappa shape index (κ1) is 16.9. The summed E-state index contributed by atoms with van der Waals surface area (Å²) in [5.74, 6) is 0.532. The second-order valence-corrected chi connectivity index (χ2v) is 7.07. The van der Waals surface area contributed by atoms with Crippen molar-refractivity contribution < 1.29 is 14.3 Å². The van der Waals surface area contributed by atoms with Crippen LogP contribution in [0.25, 0.3) is 0 Å². The molecule has 0 unspecified atom stereocenters. The van der Waals surface area contributed by atoms with Crippen molar-refractivity contribution in [3.05, 3.63) is 40.0 Å². The minimum Gasteiger partial charge on any atom is -0.472 e. The predicted molar refractivity (Wildman–Crippen MR) is 91.3 cm³/mol. The molecular formula is C17H21N3O3S. The van der Waals surface area contributed by atoms with Crippen molar-refractivity contribution in [2.45, 2.75) is 38.8 Å². The normalized spacial score (nSPS) is 20.6. The van der Waals surface area contributed by atoms with E-state index in [0.29, 0.717) is 25.5 Å². The van der Waals surface area contributed by atoms with E-state index in [1.165, 1.54) is 0 Å². The lowest BCUT2D eigenvalue weighted by Crippen LogP contribution is -2.52. The van der Waals surface area contributed by atoms with Gasteiger partial charge in [-0.25, -0.2) is 9.97 Å². The Kier molecular flexibility index (Phi) is 5.42. The molecule has 0 radical (unpaired) electrons. The van der Waals surface area contributed by atoms with Crippen LogP contribution in [0.1, 0.15) is 22.0 Å². The summed E-state index contributed by atoms with van der Waals surface area (Å²) in [6.07, 6.45) is 2.61. The van der Waals surface area contributed by atoms with E-state index < -0.39 is 0 Å². The fourth-order valence-corrected chi connectivity index (χ4v) is 3.64. The maximum atomic E-state index is 12.4. The molecule has 3 heterocycles. The number of thiazole rings is 1. The van der Waals surface area contributed by atoms with E-state index >= 15 is 0 Å². The molecule has 2 aromatic heterocycles. The second-order valence-electron chi connectivity index (χ2n) is 5.78. The third-order valence-corrected chi connectivity index (χ3v) is 4.94. The Morgan fingerprint density at radius 1 is 1.46 bits per heavy atom. The molecule has 0 aromatic carbocycles. The summed E-state index contributed by atoms with van der Waals surface area (Å²) in [6, 6.07) is 5.36. The first-order valence-corrected chi connectivity index (χ1v) is 8.81. The molecular weight excluding hydrogens is 326 g/mol. The summed E-state index contributed by atoms with van der Waals surface area (Å²) >= 11 is 1.56. The van der Waals surface area contributed by atoms with Gasteiger partial charge in [0.1, 0.15) is 6.10 Å². The van der Waals surface area contributed by atoms with Crippen molar-refractivity contribution in [2.75, 3.05) is 13.2 Å². The molecule has 2 aromatic rings. The smallest absolute Gasteiger partial charge is 0.225 e. The number of carbonyl (C=O) groups is 1. The molecule has 1 N–H and O–H groups in total. The molecule has 3 rings (SSSR count). The molecule has 1 fully saturated rings. The van der Waals surface area contributed by atoms with Gasteiger partial charge in [-0.05, 0) is 19.9 Å². The highest BCUT2D eigenvalue weighted by Gasteiger charge is 2.29. The van der Waals surface area contributed by atoms with Crippen LogP contribution < -0.4 is 10.1 Å². The van der Waals surface area contributed by atoms with Gasteiger partial charge in [0.15, 0.2) is 0 Å². The van der Waals surface area contributed by atoms with Crippen molar-refractivity contribution in [1.82, 2.24) is 15.3 Å². The molecule has 7 heteroatoms. The molecule has 0 aliphatic carbocycles. The third kappa shape index (κ3) is 4.30. The summed E-state index contributed by atoms with van der Waals surface area (Å²) in [4.78, 5) is 21.9. The molecule has 0 spiro atoms. The molecule has 0 saturated carbocycles. The average Bonchev–Trinajstić information content (AvgIpc) is 2.87. The van der Waals surface area contributed by atoms with E-state index in [1.54, 1.807) is 17.5 Å². The molecule has 24 heavy (non-hydrogen) atoms. The predicted octanol–water partition coefficient (Wildman–Crippen LogP) is 2.05. The molecule has 2 atom stereocenters. The number of nitrogens with zero attached hydrogens (tertiary/aromatic N) is 2. The number of pyridine rings is 1. The van der Waals surface area contributed by atoms with Gasteiger partial charge in [-0.15, -0.1) is 11.3 Å². The van der Waals surface area contributed by atoms with Crippen molar-refractivity contribution >= 4 is 17.2 Å². The van der Waals surface area contributed by atoms with Crippen molar-refractivity contribution in [3.8, 4) is 5.88 Å². The molecule has 6 nitrogen and oxygen atoms in total. The summed E-state index contributed by atoms with van der Waals surface area (Å²) in [7, 11) is 0. The Hall–Kier alpha value is -1.99. The van der Waals surface area contributed by atoms with Crippen molar-refractivity contribution in [1.29, 1.82) is 0 Å². The van der Waals surface area contributed by atoms with Crippen molar-refractivity contribution in [2.24, 2.45) is 0 Å². The number of amides is 1. The zero-order valence-corrected chi connectivity index (χ0v) is 14.6. The van der Waals surface area contributed by atoms with Crippen LogP contribution in [0, 0.1) is 13.8 Å². The molecule has 1 amide bonds. The number of ether oxygens (including phenoxy) is 2. The summed E-state index contributed by atoms with van der Waals surface area (Å²) < 4.78 is 11.4. The number of aromatic nitrogens is 2. The first-order valence-electron chi connectivity index (χ1n) is 7.99. The Morgan fingerprint density at radius 2 is 2.33 bits per heavy atom. The molecule has 1 aliphatic rings. The van der Waals surface area contributed by atoms with Gasteiger partial charge >= 0.3 is 0 Å². The SMILES string of the molecule is Cc1nc(C)c(CC(=O)N[C@H]2COCC[C@@H]2Oc2ccccn2)s1. The van der Waals surface area contributed by atoms with Crippen LogP contribution in [0.3, 0.4) is 0 Å². The van der Waals surface area contributed by atoms with E-state index in [1.807, 2.05) is 32.0 Å². The Morgan fingerprint density at radius 3 is 3.04 bits per heavy atom. The minimum absolute atomic E-state index is 0.0353. The van der Waals surface area contributed by atoms with Gasteiger partial charge in [0, 0.05) is 23.6 Å². The van der Waals surface area contributed by atoms with Gasteiger partial charge in [-0.3, -0.25) is 4.79 Å². The second kappa shape index (κ2) is 7.72. The largest absolute Gasteiger partial charge is 0.472 e. The number of hydrogen-bond donors (Lipinski definition) is 1. The molecule has 1 saturated heterocycles. The number of rotatable bonds is 5. The molecule has 128 valence electrons. The fourth-order valence-electron chi connectivity index (χ4n) is 2.71. The maximum absolute atomic E-state index is 12.4. The Balaban J connectivity index is 1.61. The lowest BCUT2D eigenvalue weighted by atomic mass is 10.1. The Bertz CT molecular complexity index is 690. The van der Waals surface area contributed by atoms with E-state index in [9.17, 15) is 4.79 Å². The lowest BCUT2D eigenvalue weighted by Gasteiger charge is -2.32. The summed E-state index contributed by atoms with van der Waals surface area (Å²) in [6.45, 7) is 4.95. The van der Waals surface area contributed by atoms with Crippen LogP contribution in [0.2, 0.25) is 0 Å². The van der Waals surface area contributed by atoms with Gasteiger partial charge in [0.2, 0.25) is 11.8 Å². The van der Waals surface area contributed by atoms with E-state index in [-0.39, 0.29) is 18.1 Å². The monoisotopic (exact) mass is 347 g/mol. The fraction of sp³-hybridized carbons (Fsp3) is 0.471. The maximum Gasteiger partial charge on any atom is 0.225 e. The van der Waals surface area contributed by atoms with Gasteiger partial charge in [-0.2, -0.15) is 0 Å². The average molecular weight is 347 g/mol. The molecule has 0 bridgehead atoms. The lowest BCUT2D eigenvalue weighted by molar-refractivity contribution is -0.123. The number of carbonyl (C=O) groups excluding carboxylic acids is 1. The highest BCUT2D eigenvalue weighted by atomic mass is 32.1. The zero-order chi connectivity index (χ0) is 16.9. The van der Waals surface area contributed by atoms with E-state index in [4.69, 9.17) is 9.47 Å². The highest BCUT2D eigenvalue weighted by molar-refractivity contribution is 7.11. The number of nitrogens with one attached hydrogen (secondary N) is 1. The van der Waals surface area contributed by atoms with Crippen LogP contribution in [-0.2, 0) is 16.0 Å². The first-order chi connectivity index (χ1) is 11.6. The Labute approximate surface area is 145 Å². The van der Waals surface area contributed by atoms with E-state index in [0.717, 1.165) is 22.0 Å². The van der Waals surface area contributed by atoms with Crippen molar-refractivity contribution in [3.63, 3.8) is 0 Å². The van der Waals surface area contributed by atoms with Gasteiger partial charge in [-0.1, -0.05) is 6.07 Å². The third-order valence-electron chi connectivity index (χ3n) is 3.87. The van der Waals surface area contributed by atoms with Crippen LogP contribution in [0.4, 0.5) is 0 Å².